The minimum absolute atomic E-state index is 0. The molecule has 1 aromatic heterocycles. The Morgan fingerprint density at radius 2 is 2.08 bits per heavy atom. The summed E-state index contributed by atoms with van der Waals surface area (Å²) in [6.45, 7) is 2.46. The van der Waals surface area contributed by atoms with E-state index in [0.717, 1.165) is 31.5 Å². The fraction of sp³-hybridized carbons (Fsp3) is 0.412. The Labute approximate surface area is 163 Å². The molecule has 2 N–H and O–H groups in total. The van der Waals surface area contributed by atoms with Crippen LogP contribution in [0.25, 0.3) is 0 Å². The van der Waals surface area contributed by atoms with Gasteiger partial charge in [-0.3, -0.25) is 9.48 Å². The lowest BCUT2D eigenvalue weighted by atomic mass is 10.1. The topological polar surface area (TPSA) is 59.0 Å². The Kier molecular flexibility index (Phi) is 7.56. The first-order chi connectivity index (χ1) is 11.6. The summed E-state index contributed by atoms with van der Waals surface area (Å²) in [7, 11) is 0. The number of carbonyl (C=O) groups excluding carboxylic acids is 1. The van der Waals surface area contributed by atoms with Gasteiger partial charge in [0, 0.05) is 29.3 Å². The van der Waals surface area contributed by atoms with E-state index in [0.29, 0.717) is 34.7 Å². The fourth-order valence-corrected chi connectivity index (χ4v) is 3.46. The Morgan fingerprint density at radius 3 is 2.76 bits per heavy atom. The third-order valence-corrected chi connectivity index (χ3v) is 4.54. The van der Waals surface area contributed by atoms with Gasteiger partial charge in [-0.25, -0.2) is 0 Å². The van der Waals surface area contributed by atoms with Crippen LogP contribution < -0.4 is 10.6 Å². The number of hydrogen-bond donors (Lipinski definition) is 2. The number of hydrogen-bond acceptors (Lipinski definition) is 3. The Balaban J connectivity index is 0.00000225. The van der Waals surface area contributed by atoms with Gasteiger partial charge in [-0.2, -0.15) is 5.10 Å². The zero-order valence-corrected chi connectivity index (χ0v) is 16.0. The number of halogens is 3. The second-order valence-electron chi connectivity index (χ2n) is 5.96. The molecule has 25 heavy (non-hydrogen) atoms. The number of piperidine rings is 1. The second-order valence-corrected chi connectivity index (χ2v) is 6.84. The van der Waals surface area contributed by atoms with Crippen LogP contribution in [0.5, 0.6) is 0 Å². The van der Waals surface area contributed by atoms with Gasteiger partial charge in [-0.1, -0.05) is 23.2 Å². The maximum absolute atomic E-state index is 12.2. The fourth-order valence-electron chi connectivity index (χ4n) is 2.89. The molecule has 1 aliphatic heterocycles. The molecule has 1 atom stereocenters. The molecule has 8 heteroatoms. The van der Waals surface area contributed by atoms with Gasteiger partial charge in [0.1, 0.15) is 5.69 Å². The van der Waals surface area contributed by atoms with E-state index in [4.69, 9.17) is 23.2 Å². The van der Waals surface area contributed by atoms with Crippen molar-refractivity contribution in [2.24, 2.45) is 0 Å². The number of aromatic nitrogens is 2. The van der Waals surface area contributed by atoms with Crippen LogP contribution in [-0.2, 0) is 6.42 Å². The van der Waals surface area contributed by atoms with E-state index in [-0.39, 0.29) is 18.3 Å². The Hall–Kier alpha value is -1.27. The molecule has 0 aliphatic carbocycles. The second kappa shape index (κ2) is 9.43. The van der Waals surface area contributed by atoms with Gasteiger partial charge < -0.3 is 10.6 Å². The standard InChI is InChI=1S/C17H20Cl2N4O.ClH/c18-13-8-12(9-14(19)10-13)3-6-21-17(24)16-4-7-23(22-16)15-2-1-5-20-11-15;/h4,7-10,15,20H,1-3,5-6,11H2,(H,21,24);1H. The lowest BCUT2D eigenvalue weighted by molar-refractivity contribution is 0.0948. The van der Waals surface area contributed by atoms with Crippen LogP contribution in [0, 0.1) is 0 Å². The molecule has 0 saturated carbocycles. The van der Waals surface area contributed by atoms with Gasteiger partial charge in [0.2, 0.25) is 0 Å². The summed E-state index contributed by atoms with van der Waals surface area (Å²) >= 11 is 11.9. The molecule has 136 valence electrons. The summed E-state index contributed by atoms with van der Waals surface area (Å²) in [4.78, 5) is 12.2. The normalized spacial score (nSPS) is 17.0. The first kappa shape index (κ1) is 20.0. The van der Waals surface area contributed by atoms with Gasteiger partial charge in [0.05, 0.1) is 6.04 Å². The molecule has 5 nitrogen and oxygen atoms in total. The van der Waals surface area contributed by atoms with Crippen molar-refractivity contribution in [3.05, 3.63) is 51.8 Å². The first-order valence-corrected chi connectivity index (χ1v) is 8.86. The first-order valence-electron chi connectivity index (χ1n) is 8.11. The van der Waals surface area contributed by atoms with Crippen LogP contribution in [0.3, 0.4) is 0 Å². The zero-order chi connectivity index (χ0) is 16.9. The van der Waals surface area contributed by atoms with Crippen molar-refractivity contribution in [1.82, 2.24) is 20.4 Å². The van der Waals surface area contributed by atoms with Gasteiger partial charge >= 0.3 is 0 Å². The van der Waals surface area contributed by atoms with Crippen LogP contribution in [0.1, 0.15) is 34.9 Å². The highest BCUT2D eigenvalue weighted by Gasteiger charge is 2.17. The number of nitrogens with one attached hydrogen (secondary N) is 2. The van der Waals surface area contributed by atoms with Crippen molar-refractivity contribution in [2.75, 3.05) is 19.6 Å². The molecular weight excluding hydrogens is 383 g/mol. The average molecular weight is 404 g/mol. The van der Waals surface area contributed by atoms with Gasteiger partial charge in [-0.15, -0.1) is 12.4 Å². The van der Waals surface area contributed by atoms with Crippen molar-refractivity contribution < 1.29 is 4.79 Å². The Morgan fingerprint density at radius 1 is 1.32 bits per heavy atom. The van der Waals surface area contributed by atoms with Crippen molar-refractivity contribution in [2.45, 2.75) is 25.3 Å². The maximum Gasteiger partial charge on any atom is 0.271 e. The molecule has 0 bridgehead atoms. The molecule has 0 spiro atoms. The predicted octanol–water partition coefficient (Wildman–Crippen LogP) is 3.51. The summed E-state index contributed by atoms with van der Waals surface area (Å²) in [5.41, 5.74) is 1.44. The van der Waals surface area contributed by atoms with E-state index in [1.807, 2.05) is 23.0 Å². The molecule has 1 saturated heterocycles. The minimum atomic E-state index is -0.161. The number of nitrogens with zero attached hydrogens (tertiary/aromatic N) is 2. The van der Waals surface area contributed by atoms with Crippen molar-refractivity contribution in [3.8, 4) is 0 Å². The summed E-state index contributed by atoms with van der Waals surface area (Å²) in [6, 6.07) is 7.49. The van der Waals surface area contributed by atoms with Crippen molar-refractivity contribution in [3.63, 3.8) is 0 Å². The van der Waals surface area contributed by atoms with E-state index in [1.165, 1.54) is 0 Å². The van der Waals surface area contributed by atoms with Gasteiger partial charge in [0.15, 0.2) is 0 Å². The van der Waals surface area contributed by atoms with E-state index >= 15 is 0 Å². The molecule has 1 unspecified atom stereocenters. The van der Waals surface area contributed by atoms with Crippen LogP contribution in [0.2, 0.25) is 10.0 Å². The SMILES string of the molecule is Cl.O=C(NCCc1cc(Cl)cc(Cl)c1)c1ccn(C2CCCNC2)n1. The number of amides is 1. The third-order valence-electron chi connectivity index (χ3n) is 4.11. The monoisotopic (exact) mass is 402 g/mol. The molecule has 1 fully saturated rings. The number of carbonyl (C=O) groups is 1. The summed E-state index contributed by atoms with van der Waals surface area (Å²) in [6.07, 6.45) is 4.77. The smallest absolute Gasteiger partial charge is 0.271 e. The average Bonchev–Trinajstić information content (AvgIpc) is 3.05. The highest BCUT2D eigenvalue weighted by atomic mass is 35.5. The predicted molar refractivity (Wildman–Crippen MR) is 103 cm³/mol. The molecule has 2 heterocycles. The molecule has 3 rings (SSSR count). The Bertz CT molecular complexity index is 693. The molecular formula is C17H21Cl3N4O. The number of benzene rings is 1. The molecule has 1 aliphatic rings. The quantitative estimate of drug-likeness (QED) is 0.803. The molecule has 0 radical (unpaired) electrons. The maximum atomic E-state index is 12.2. The summed E-state index contributed by atoms with van der Waals surface area (Å²) in [5, 5.41) is 11.8. The van der Waals surface area contributed by atoms with E-state index < -0.39 is 0 Å². The largest absolute Gasteiger partial charge is 0.350 e. The van der Waals surface area contributed by atoms with Crippen LogP contribution >= 0.6 is 35.6 Å². The lowest BCUT2D eigenvalue weighted by Crippen LogP contribution is -2.32. The summed E-state index contributed by atoms with van der Waals surface area (Å²) < 4.78 is 1.89. The zero-order valence-electron chi connectivity index (χ0n) is 13.7. The van der Waals surface area contributed by atoms with Gasteiger partial charge in [0.25, 0.3) is 5.91 Å². The van der Waals surface area contributed by atoms with Crippen LogP contribution in [-0.4, -0.2) is 35.3 Å². The highest BCUT2D eigenvalue weighted by Crippen LogP contribution is 2.19. The lowest BCUT2D eigenvalue weighted by Gasteiger charge is -2.22. The highest BCUT2D eigenvalue weighted by molar-refractivity contribution is 6.34. The molecule has 2 aromatic rings. The molecule has 1 amide bonds. The van der Waals surface area contributed by atoms with Crippen LogP contribution in [0.15, 0.2) is 30.5 Å². The minimum Gasteiger partial charge on any atom is -0.350 e. The van der Waals surface area contributed by atoms with Gasteiger partial charge in [-0.05, 0) is 55.6 Å². The van der Waals surface area contributed by atoms with E-state index in [2.05, 4.69) is 15.7 Å². The van der Waals surface area contributed by atoms with Crippen molar-refractivity contribution >= 4 is 41.5 Å². The summed E-state index contributed by atoms with van der Waals surface area (Å²) in [5.74, 6) is -0.161. The molecule has 1 aromatic carbocycles. The van der Waals surface area contributed by atoms with E-state index in [1.54, 1.807) is 12.1 Å². The van der Waals surface area contributed by atoms with Crippen molar-refractivity contribution in [1.29, 1.82) is 0 Å². The van der Waals surface area contributed by atoms with Crippen LogP contribution in [0.4, 0.5) is 0 Å². The van der Waals surface area contributed by atoms with E-state index in [9.17, 15) is 4.79 Å². The third kappa shape index (κ3) is 5.61. The number of rotatable bonds is 5.